The summed E-state index contributed by atoms with van der Waals surface area (Å²) in [4.78, 5) is 21.0. The zero-order valence-electron chi connectivity index (χ0n) is 8.19. The lowest BCUT2D eigenvalue weighted by Crippen LogP contribution is -2.30. The lowest BCUT2D eigenvalue weighted by molar-refractivity contribution is -0.150. The fourth-order valence-electron chi connectivity index (χ4n) is 1.10. The number of methoxy groups -OCH3 is 1. The molecule has 5 heteroatoms. The molecule has 1 rings (SSSR count). The van der Waals surface area contributed by atoms with E-state index in [1.807, 2.05) is 0 Å². The molecule has 1 amide bonds. The molecule has 0 aliphatic carbocycles. The molecule has 2 N–H and O–H groups in total. The maximum atomic E-state index is 10.8. The summed E-state index contributed by atoms with van der Waals surface area (Å²) in [6.07, 6.45) is 0. The maximum absolute atomic E-state index is 10.8. The lowest BCUT2D eigenvalue weighted by Gasteiger charge is -2.07. The molecule has 1 aromatic rings. The van der Waals surface area contributed by atoms with Crippen molar-refractivity contribution >= 4 is 11.9 Å². The number of hydrogen-bond donors (Lipinski definition) is 2. The topological polar surface area (TPSA) is 75.6 Å². The number of para-hydroxylation sites is 1. The van der Waals surface area contributed by atoms with Crippen LogP contribution in [0.1, 0.15) is 5.56 Å². The zero-order chi connectivity index (χ0) is 11.3. The smallest absolute Gasteiger partial charge is 0.394 e. The number of hydrogen-bond acceptors (Lipinski definition) is 3. The molecule has 0 bridgehead atoms. The summed E-state index contributed by atoms with van der Waals surface area (Å²) in [5.41, 5.74) is 0.731. The lowest BCUT2D eigenvalue weighted by atomic mass is 10.2. The Balaban J connectivity index is 2.65. The van der Waals surface area contributed by atoms with E-state index in [-0.39, 0.29) is 6.54 Å². The van der Waals surface area contributed by atoms with Gasteiger partial charge in [0, 0.05) is 12.1 Å². The highest BCUT2D eigenvalue weighted by atomic mass is 16.5. The molecule has 0 saturated carbocycles. The monoisotopic (exact) mass is 209 g/mol. The molecular formula is C10H11NO4. The number of ether oxygens (including phenoxy) is 1. The number of amides is 1. The molecule has 0 fully saturated rings. The number of carboxylic acid groups (broad SMARTS) is 1. The molecule has 0 heterocycles. The van der Waals surface area contributed by atoms with E-state index in [9.17, 15) is 9.59 Å². The van der Waals surface area contributed by atoms with E-state index in [1.165, 1.54) is 7.11 Å². The summed E-state index contributed by atoms with van der Waals surface area (Å²) >= 11 is 0. The van der Waals surface area contributed by atoms with Gasteiger partial charge in [-0.15, -0.1) is 0 Å². The van der Waals surface area contributed by atoms with Crippen molar-refractivity contribution in [2.24, 2.45) is 0 Å². The van der Waals surface area contributed by atoms with Crippen LogP contribution in [0.4, 0.5) is 0 Å². The quantitative estimate of drug-likeness (QED) is 0.706. The van der Waals surface area contributed by atoms with E-state index < -0.39 is 11.9 Å². The average molecular weight is 209 g/mol. The van der Waals surface area contributed by atoms with E-state index in [0.29, 0.717) is 5.75 Å². The first-order chi connectivity index (χ1) is 7.15. The van der Waals surface area contributed by atoms with Crippen molar-refractivity contribution in [2.75, 3.05) is 7.11 Å². The number of carbonyl (C=O) groups excluding carboxylic acids is 1. The fraction of sp³-hybridized carbons (Fsp3) is 0.200. The number of carboxylic acids is 1. The van der Waals surface area contributed by atoms with E-state index in [2.05, 4.69) is 5.32 Å². The Labute approximate surface area is 86.7 Å². The summed E-state index contributed by atoms with van der Waals surface area (Å²) in [6.45, 7) is 0.134. The molecule has 0 aliphatic heterocycles. The van der Waals surface area contributed by atoms with Crippen molar-refractivity contribution in [3.63, 3.8) is 0 Å². The van der Waals surface area contributed by atoms with Gasteiger partial charge in [-0.3, -0.25) is 4.79 Å². The molecule has 15 heavy (non-hydrogen) atoms. The van der Waals surface area contributed by atoms with Gasteiger partial charge in [-0.2, -0.15) is 0 Å². The highest BCUT2D eigenvalue weighted by molar-refractivity contribution is 6.31. The van der Waals surface area contributed by atoms with Crippen molar-refractivity contribution < 1.29 is 19.4 Å². The molecule has 0 spiro atoms. The Kier molecular flexibility index (Phi) is 3.68. The van der Waals surface area contributed by atoms with Crippen LogP contribution in [0.3, 0.4) is 0 Å². The van der Waals surface area contributed by atoms with Crippen molar-refractivity contribution in [3.8, 4) is 5.75 Å². The number of rotatable bonds is 3. The van der Waals surface area contributed by atoms with Gasteiger partial charge in [0.2, 0.25) is 0 Å². The van der Waals surface area contributed by atoms with Gasteiger partial charge < -0.3 is 15.2 Å². The molecule has 0 aromatic heterocycles. The predicted molar refractivity (Wildman–Crippen MR) is 52.5 cm³/mol. The first kappa shape index (κ1) is 11.0. The Morgan fingerprint density at radius 2 is 2.07 bits per heavy atom. The van der Waals surface area contributed by atoms with Crippen molar-refractivity contribution in [3.05, 3.63) is 29.8 Å². The third-order valence-electron chi connectivity index (χ3n) is 1.83. The third-order valence-corrected chi connectivity index (χ3v) is 1.83. The molecule has 5 nitrogen and oxygen atoms in total. The number of benzene rings is 1. The fourth-order valence-corrected chi connectivity index (χ4v) is 1.10. The van der Waals surface area contributed by atoms with Gasteiger partial charge in [-0.05, 0) is 6.07 Å². The number of aliphatic carboxylic acids is 1. The van der Waals surface area contributed by atoms with Crippen molar-refractivity contribution in [1.82, 2.24) is 5.32 Å². The minimum Gasteiger partial charge on any atom is -0.496 e. The van der Waals surface area contributed by atoms with E-state index in [4.69, 9.17) is 9.84 Å². The molecule has 0 atom stereocenters. The summed E-state index contributed by atoms with van der Waals surface area (Å²) in [5.74, 6) is -1.91. The van der Waals surface area contributed by atoms with Crippen molar-refractivity contribution in [1.29, 1.82) is 0 Å². The molecule has 0 aliphatic rings. The third kappa shape index (κ3) is 2.98. The van der Waals surface area contributed by atoms with Crippen LogP contribution in [-0.2, 0) is 16.1 Å². The molecule has 1 aromatic carbocycles. The zero-order valence-corrected chi connectivity index (χ0v) is 8.19. The van der Waals surface area contributed by atoms with Gasteiger partial charge in [-0.1, -0.05) is 18.2 Å². The maximum Gasteiger partial charge on any atom is 0.394 e. The second kappa shape index (κ2) is 4.99. The largest absolute Gasteiger partial charge is 0.496 e. The second-order valence-corrected chi connectivity index (χ2v) is 2.80. The Morgan fingerprint density at radius 3 is 2.67 bits per heavy atom. The minimum atomic E-state index is -1.50. The summed E-state index contributed by atoms with van der Waals surface area (Å²) in [5, 5.41) is 10.6. The van der Waals surface area contributed by atoms with Crippen LogP contribution in [0.2, 0.25) is 0 Å². The Bertz CT molecular complexity index is 375. The molecule has 0 saturated heterocycles. The van der Waals surface area contributed by atoms with E-state index in [0.717, 1.165) is 5.56 Å². The van der Waals surface area contributed by atoms with Gasteiger partial charge in [0.15, 0.2) is 0 Å². The molecule has 80 valence electrons. The normalized spacial score (nSPS) is 9.40. The summed E-state index contributed by atoms with van der Waals surface area (Å²) < 4.78 is 5.04. The minimum absolute atomic E-state index is 0.134. The van der Waals surface area contributed by atoms with Crippen LogP contribution < -0.4 is 10.1 Å². The highest BCUT2D eigenvalue weighted by Crippen LogP contribution is 2.16. The van der Waals surface area contributed by atoms with Crippen molar-refractivity contribution in [2.45, 2.75) is 6.54 Å². The van der Waals surface area contributed by atoms with Crippen LogP contribution in [0.5, 0.6) is 5.75 Å². The predicted octanol–water partition coefficient (Wildman–Crippen LogP) is 0.396. The van der Waals surface area contributed by atoms with E-state index >= 15 is 0 Å². The first-order valence-electron chi connectivity index (χ1n) is 4.28. The standard InChI is InChI=1S/C10H11NO4/c1-15-8-5-3-2-4-7(8)6-11-9(12)10(13)14/h2-5H,6H2,1H3,(H,11,12)(H,13,14). The van der Waals surface area contributed by atoms with Crippen LogP contribution >= 0.6 is 0 Å². The SMILES string of the molecule is COc1ccccc1CNC(=O)C(=O)O. The summed E-state index contributed by atoms with van der Waals surface area (Å²) in [7, 11) is 1.51. The molecule has 0 unspecified atom stereocenters. The van der Waals surface area contributed by atoms with Gasteiger partial charge in [0.05, 0.1) is 7.11 Å². The second-order valence-electron chi connectivity index (χ2n) is 2.80. The average Bonchev–Trinajstić information content (AvgIpc) is 2.26. The van der Waals surface area contributed by atoms with Crippen LogP contribution in [0.25, 0.3) is 0 Å². The van der Waals surface area contributed by atoms with E-state index in [1.54, 1.807) is 24.3 Å². The number of carbonyl (C=O) groups is 2. The molecular weight excluding hydrogens is 198 g/mol. The number of nitrogens with one attached hydrogen (secondary N) is 1. The van der Waals surface area contributed by atoms with Gasteiger partial charge >= 0.3 is 11.9 Å². The Morgan fingerprint density at radius 1 is 1.40 bits per heavy atom. The highest BCUT2D eigenvalue weighted by Gasteiger charge is 2.10. The van der Waals surface area contributed by atoms with Gasteiger partial charge in [0.1, 0.15) is 5.75 Å². The summed E-state index contributed by atoms with van der Waals surface area (Å²) in [6, 6.07) is 7.06. The first-order valence-corrected chi connectivity index (χ1v) is 4.28. The Hall–Kier alpha value is -2.04. The molecule has 0 radical (unpaired) electrons. The van der Waals surface area contributed by atoms with Crippen LogP contribution in [-0.4, -0.2) is 24.1 Å². The van der Waals surface area contributed by atoms with Gasteiger partial charge in [-0.25, -0.2) is 4.79 Å². The van der Waals surface area contributed by atoms with Crippen LogP contribution in [0.15, 0.2) is 24.3 Å². The van der Waals surface area contributed by atoms with Gasteiger partial charge in [0.25, 0.3) is 0 Å². The van der Waals surface area contributed by atoms with Crippen LogP contribution in [0, 0.1) is 0 Å².